The molecule has 7 aromatic rings. The Morgan fingerprint density at radius 1 is 0.750 bits per heavy atom. The van der Waals surface area contributed by atoms with Crippen molar-refractivity contribution in [2.45, 2.75) is 66.3 Å². The smallest absolute Gasteiger partial charge is 0.303 e. The number of fused-ring (bicyclic) bond motifs is 9. The van der Waals surface area contributed by atoms with E-state index in [2.05, 4.69) is 89.2 Å². The van der Waals surface area contributed by atoms with E-state index in [9.17, 15) is 19.8 Å². The van der Waals surface area contributed by atoms with Gasteiger partial charge in [0.05, 0.1) is 27.8 Å². The maximum Gasteiger partial charge on any atom is 0.303 e. The average Bonchev–Trinajstić information content (AvgIpc) is 3.82. The summed E-state index contributed by atoms with van der Waals surface area (Å²) in [5.74, 6) is -1.73. The van der Waals surface area contributed by atoms with Crippen LogP contribution in [0.1, 0.15) is 72.3 Å². The number of nitrogens with one attached hydrogen (secondary N) is 2. The van der Waals surface area contributed by atoms with Gasteiger partial charge >= 0.3 is 11.9 Å². The second-order valence-corrected chi connectivity index (χ2v) is 13.8. The zero-order valence-electron chi connectivity index (χ0n) is 29.7. The fourth-order valence-corrected chi connectivity index (χ4v) is 7.96. The summed E-state index contributed by atoms with van der Waals surface area (Å²) in [7, 11) is 0. The van der Waals surface area contributed by atoms with Crippen LogP contribution in [0.2, 0.25) is 0 Å². The Balaban J connectivity index is 1.52. The van der Waals surface area contributed by atoms with Crippen LogP contribution in [0.4, 0.5) is 0 Å². The molecule has 0 radical (unpaired) electrons. The first kappa shape index (κ1) is 33.1. The highest BCUT2D eigenvalue weighted by Crippen LogP contribution is 2.39. The Labute approximate surface area is 300 Å². The van der Waals surface area contributed by atoms with Crippen molar-refractivity contribution in [3.63, 3.8) is 0 Å². The van der Waals surface area contributed by atoms with Crippen LogP contribution in [0, 0.1) is 13.8 Å². The van der Waals surface area contributed by atoms with Crippen molar-refractivity contribution in [2.75, 3.05) is 0 Å². The third-order valence-electron chi connectivity index (χ3n) is 10.8. The number of aromatic nitrogens is 5. The largest absolute Gasteiger partial charge is 0.481 e. The molecule has 0 fully saturated rings. The summed E-state index contributed by atoms with van der Waals surface area (Å²) in [6, 6.07) is 23.1. The first-order valence-electron chi connectivity index (χ1n) is 17.8. The number of allylic oxidation sites excluding steroid dienone is 2. The number of nitrogens with zero attached hydrogens (tertiary/aromatic N) is 3. The van der Waals surface area contributed by atoms with E-state index in [0.717, 1.165) is 107 Å². The van der Waals surface area contributed by atoms with Crippen LogP contribution in [0.25, 0.3) is 65.9 Å². The molecule has 0 amide bonds. The monoisotopic (exact) mass is 690 g/mol. The summed E-state index contributed by atoms with van der Waals surface area (Å²) in [6.07, 6.45) is 3.58. The number of carbonyl (C=O) groups is 2. The van der Waals surface area contributed by atoms with E-state index in [1.165, 1.54) is 11.1 Å². The zero-order chi connectivity index (χ0) is 36.3. The quantitative estimate of drug-likeness (QED) is 0.112. The summed E-state index contributed by atoms with van der Waals surface area (Å²) in [5.41, 5.74) is 15.1. The van der Waals surface area contributed by atoms with E-state index < -0.39 is 11.9 Å². The molecule has 2 aromatic carbocycles. The molecule has 0 saturated carbocycles. The second kappa shape index (κ2) is 12.9. The van der Waals surface area contributed by atoms with Crippen molar-refractivity contribution in [1.82, 2.24) is 19.9 Å². The van der Waals surface area contributed by atoms with Crippen LogP contribution in [-0.4, -0.2) is 42.1 Å². The molecule has 260 valence electrons. The highest BCUT2D eigenvalue weighted by atomic mass is 16.4. The molecule has 52 heavy (non-hydrogen) atoms. The third-order valence-corrected chi connectivity index (χ3v) is 10.8. The van der Waals surface area contributed by atoms with Crippen molar-refractivity contribution in [3.05, 3.63) is 112 Å². The first-order valence-corrected chi connectivity index (χ1v) is 17.8. The molecule has 0 atom stereocenters. The summed E-state index contributed by atoms with van der Waals surface area (Å²) in [5, 5.41) is 22.4. The van der Waals surface area contributed by atoms with Crippen molar-refractivity contribution >= 4 is 77.9 Å². The highest BCUT2D eigenvalue weighted by molar-refractivity contribution is 6.20. The Morgan fingerprint density at radius 3 is 2.04 bits per heavy atom. The number of benzene rings is 2. The zero-order valence-corrected chi connectivity index (χ0v) is 29.7. The molecule has 4 N–H and O–H groups in total. The van der Waals surface area contributed by atoms with E-state index in [-0.39, 0.29) is 12.8 Å². The van der Waals surface area contributed by atoms with Crippen LogP contribution in [0.15, 0.2) is 72.9 Å². The van der Waals surface area contributed by atoms with E-state index >= 15 is 0 Å². The lowest BCUT2D eigenvalue weighted by Gasteiger charge is -2.05. The SMILES string of the molecule is CCC1=C(C)c2cc3[nH]c(cc4[nH]c(cc5nc6c(ccc7c6c5cc[n+]7Cc5ccccc5)c1n2)c(C)c4CCC(=O)O)c(CCC(=O)O)c3C. The number of aliphatic carboxylic acids is 2. The number of H-pyrrole nitrogens is 2. The topological polar surface area (TPSA) is 136 Å². The Morgan fingerprint density at radius 2 is 1.40 bits per heavy atom. The molecule has 8 bridgehead atoms. The van der Waals surface area contributed by atoms with Gasteiger partial charge in [0, 0.05) is 63.4 Å². The molecule has 9 nitrogen and oxygen atoms in total. The van der Waals surface area contributed by atoms with Crippen LogP contribution in [-0.2, 0) is 29.0 Å². The summed E-state index contributed by atoms with van der Waals surface area (Å²) >= 11 is 0. The Kier molecular flexibility index (Phi) is 8.21. The molecular weight excluding hydrogens is 651 g/mol. The molecular formula is C43H40N5O4+. The van der Waals surface area contributed by atoms with E-state index in [1.807, 2.05) is 26.0 Å². The minimum atomic E-state index is -0.868. The first-order chi connectivity index (χ1) is 25.1. The summed E-state index contributed by atoms with van der Waals surface area (Å²) in [6.45, 7) is 9.03. The summed E-state index contributed by atoms with van der Waals surface area (Å²) < 4.78 is 2.27. The van der Waals surface area contributed by atoms with Gasteiger partial charge in [-0.3, -0.25) is 9.59 Å². The number of rotatable bonds is 9. The van der Waals surface area contributed by atoms with Gasteiger partial charge < -0.3 is 20.2 Å². The lowest BCUT2D eigenvalue weighted by Crippen LogP contribution is -2.34. The highest BCUT2D eigenvalue weighted by Gasteiger charge is 2.24. The van der Waals surface area contributed by atoms with Gasteiger partial charge in [-0.2, -0.15) is 4.57 Å². The van der Waals surface area contributed by atoms with Gasteiger partial charge in [0.15, 0.2) is 12.7 Å². The van der Waals surface area contributed by atoms with Crippen molar-refractivity contribution < 1.29 is 24.4 Å². The van der Waals surface area contributed by atoms with Crippen LogP contribution in [0.5, 0.6) is 0 Å². The van der Waals surface area contributed by atoms with Crippen molar-refractivity contribution in [2.24, 2.45) is 0 Å². The fraction of sp³-hybridized carbons (Fsp3) is 0.233. The maximum absolute atomic E-state index is 11.8. The van der Waals surface area contributed by atoms with Gasteiger partial charge in [-0.25, -0.2) is 9.97 Å². The third kappa shape index (κ3) is 5.62. The van der Waals surface area contributed by atoms with E-state index in [0.29, 0.717) is 12.8 Å². The molecule has 0 aliphatic carbocycles. The van der Waals surface area contributed by atoms with Gasteiger partial charge in [-0.05, 0) is 97.7 Å². The molecule has 6 heterocycles. The number of pyridine rings is 1. The molecule has 9 heteroatoms. The molecule has 0 spiro atoms. The van der Waals surface area contributed by atoms with Gasteiger partial charge in [-0.15, -0.1) is 0 Å². The van der Waals surface area contributed by atoms with E-state index in [1.54, 1.807) is 0 Å². The molecule has 1 aliphatic heterocycles. The molecule has 0 unspecified atom stereocenters. The minimum Gasteiger partial charge on any atom is -0.481 e. The van der Waals surface area contributed by atoms with Gasteiger partial charge in [0.25, 0.3) is 0 Å². The number of hydrogen-bond donors (Lipinski definition) is 4. The molecule has 0 saturated heterocycles. The molecule has 8 rings (SSSR count). The second-order valence-electron chi connectivity index (χ2n) is 13.8. The normalized spacial score (nSPS) is 12.5. The van der Waals surface area contributed by atoms with Crippen molar-refractivity contribution in [1.29, 1.82) is 0 Å². The Bertz CT molecular complexity index is 2740. The number of aromatic amines is 2. The van der Waals surface area contributed by atoms with Gasteiger partial charge in [0.1, 0.15) is 0 Å². The summed E-state index contributed by atoms with van der Waals surface area (Å²) in [4.78, 5) is 41.4. The van der Waals surface area contributed by atoms with Crippen LogP contribution >= 0.6 is 0 Å². The number of hydrogen-bond acceptors (Lipinski definition) is 4. The van der Waals surface area contributed by atoms with Gasteiger partial charge in [0.2, 0.25) is 5.52 Å². The maximum atomic E-state index is 11.8. The average molecular weight is 691 g/mol. The van der Waals surface area contributed by atoms with Gasteiger partial charge in [-0.1, -0.05) is 37.3 Å². The molecule has 1 aliphatic rings. The number of carboxylic acid groups (broad SMARTS) is 2. The lowest BCUT2D eigenvalue weighted by atomic mass is 9.99. The predicted molar refractivity (Wildman–Crippen MR) is 206 cm³/mol. The minimum absolute atomic E-state index is 0.0127. The molecule has 5 aromatic heterocycles. The van der Waals surface area contributed by atoms with E-state index in [4.69, 9.17) is 9.97 Å². The number of carboxylic acids is 2. The lowest BCUT2D eigenvalue weighted by molar-refractivity contribution is -0.662. The Hall–Kier alpha value is -6.09. The van der Waals surface area contributed by atoms with Crippen LogP contribution < -0.4 is 4.57 Å². The van der Waals surface area contributed by atoms with Crippen LogP contribution in [0.3, 0.4) is 0 Å². The predicted octanol–water partition coefficient (Wildman–Crippen LogP) is 8.66. The van der Waals surface area contributed by atoms with Crippen molar-refractivity contribution in [3.8, 4) is 0 Å². The number of aryl methyl sites for hydroxylation is 4. The fourth-order valence-electron chi connectivity index (χ4n) is 7.96. The standard InChI is InChI=1S/C43H39N5O4/c1-5-27-23(2)34-19-32-24(3)28(12-15-39(49)50)35(44-32)21-36-29(13-16-40(51)52)25(4)33(45-36)20-37-30-17-18-48(22-26-9-7-6-8-10-26)38-14-11-31(42(27)46-34)43(47-37)41(30)38/h6-11,14,17-21H,5,12-13,15-16,22H2,1-4H3,(H3,44,45,46,47,49,50,51,52)/p+1.